The Kier molecular flexibility index (Phi) is 9.51. The molecule has 100 valence electrons. The van der Waals surface area contributed by atoms with Crippen LogP contribution >= 0.6 is 24.0 Å². The number of hydrogen-bond acceptors (Lipinski definition) is 5. The van der Waals surface area contributed by atoms with Crippen LogP contribution < -0.4 is 34.5 Å². The van der Waals surface area contributed by atoms with Crippen LogP contribution in [0.15, 0.2) is 30.3 Å². The van der Waals surface area contributed by atoms with E-state index in [0.29, 0.717) is 10.9 Å². The molecule has 0 spiro atoms. The molecule has 0 saturated carbocycles. The molecule has 4 nitrogen and oxygen atoms in total. The molecule has 0 fully saturated rings. The maximum Gasteiger partial charge on any atom is 1.00 e. The average Bonchev–Trinajstić information content (AvgIpc) is 2.29. The predicted molar refractivity (Wildman–Crippen MR) is 79.1 cm³/mol. The number of thioether (sulfide) groups is 1. The van der Waals surface area contributed by atoms with Crippen LogP contribution in [0.2, 0.25) is 0 Å². The van der Waals surface area contributed by atoms with E-state index in [1.165, 1.54) is 11.8 Å². The Hall–Kier alpha value is 0.370. The summed E-state index contributed by atoms with van der Waals surface area (Å²) < 4.78 is 32.1. The second-order valence-corrected chi connectivity index (χ2v) is 6.71. The fourth-order valence-electron chi connectivity index (χ4n) is 1.33. The molecule has 1 aromatic carbocycles. The minimum atomic E-state index is -4.17. The van der Waals surface area contributed by atoms with Crippen LogP contribution in [0.25, 0.3) is 0 Å². The zero-order valence-corrected chi connectivity index (χ0v) is 15.4. The zero-order chi connectivity index (χ0) is 13.6. The summed E-state index contributed by atoms with van der Waals surface area (Å²) in [6, 6.07) is 9.60. The number of hydrogen-bond donors (Lipinski definition) is 0. The molecule has 0 unspecified atom stereocenters. The van der Waals surface area contributed by atoms with Gasteiger partial charge < -0.3 is 9.45 Å². The van der Waals surface area contributed by atoms with Crippen LogP contribution in [-0.4, -0.2) is 35.3 Å². The molecule has 0 aliphatic carbocycles. The van der Waals surface area contributed by atoms with Crippen LogP contribution in [0.1, 0.15) is 6.92 Å². The number of rotatable bonds is 5. The normalized spacial score (nSPS) is 10.6. The Balaban J connectivity index is 0.00000324. The van der Waals surface area contributed by atoms with Crippen molar-refractivity contribution in [1.82, 2.24) is 0 Å². The van der Waals surface area contributed by atoms with Crippen LogP contribution in [-0.2, 0) is 10.1 Å². The molecule has 0 aromatic heterocycles. The zero-order valence-electron chi connectivity index (χ0n) is 10.9. The van der Waals surface area contributed by atoms with Gasteiger partial charge in [-0.15, -0.1) is 0 Å². The summed E-state index contributed by atoms with van der Waals surface area (Å²) in [6.07, 6.45) is 0. The molecule has 0 aliphatic rings. The summed E-state index contributed by atoms with van der Waals surface area (Å²) in [6.45, 7) is 2.66. The van der Waals surface area contributed by atoms with Gasteiger partial charge in [0.05, 0.1) is 10.1 Å². The van der Waals surface area contributed by atoms with Gasteiger partial charge in [0, 0.05) is 23.7 Å². The van der Waals surface area contributed by atoms with Crippen LogP contribution in [0.3, 0.4) is 0 Å². The Morgan fingerprint density at radius 3 is 2.42 bits per heavy atom. The fourth-order valence-corrected chi connectivity index (χ4v) is 3.53. The van der Waals surface area contributed by atoms with Gasteiger partial charge in [0.25, 0.3) is 0 Å². The van der Waals surface area contributed by atoms with Gasteiger partial charge in [-0.1, -0.05) is 42.2 Å². The summed E-state index contributed by atoms with van der Waals surface area (Å²) in [7, 11) is -4.17. The van der Waals surface area contributed by atoms with Gasteiger partial charge in [0.15, 0.2) is 0 Å². The number of thiocarbonyl (C=S) groups is 1. The monoisotopic (exact) mass is 327 g/mol. The summed E-state index contributed by atoms with van der Waals surface area (Å²) >= 11 is 6.45. The molecule has 19 heavy (non-hydrogen) atoms. The van der Waals surface area contributed by atoms with E-state index >= 15 is 0 Å². The Morgan fingerprint density at radius 2 is 1.95 bits per heavy atom. The van der Waals surface area contributed by atoms with E-state index in [0.717, 1.165) is 5.69 Å². The van der Waals surface area contributed by atoms with E-state index in [1.807, 2.05) is 42.2 Å². The number of anilines is 1. The van der Waals surface area contributed by atoms with E-state index in [-0.39, 0.29) is 35.3 Å². The first kappa shape index (κ1) is 19.4. The largest absolute Gasteiger partial charge is 1.00 e. The van der Waals surface area contributed by atoms with Gasteiger partial charge >= 0.3 is 29.6 Å². The van der Waals surface area contributed by atoms with Crippen molar-refractivity contribution in [3.05, 3.63) is 30.3 Å². The standard InChI is InChI=1S/C11H15NO3S3.Na/c1-2-12(10-6-4-3-5-7-10)11(16)17-8-9-18(13,14)15;/h3-7H,2,8-9H2,1H3,(H,13,14,15);/q;+1/p-1. The van der Waals surface area contributed by atoms with Crippen LogP contribution in [0.5, 0.6) is 0 Å². The summed E-state index contributed by atoms with van der Waals surface area (Å²) in [5, 5.41) is 0. The maximum atomic E-state index is 10.5. The average molecular weight is 327 g/mol. The topological polar surface area (TPSA) is 60.4 Å². The van der Waals surface area contributed by atoms with Crippen molar-refractivity contribution in [2.24, 2.45) is 0 Å². The van der Waals surface area contributed by atoms with Gasteiger partial charge in [0.2, 0.25) is 0 Å². The van der Waals surface area contributed by atoms with Crippen molar-refractivity contribution in [3.63, 3.8) is 0 Å². The van der Waals surface area contributed by atoms with Gasteiger partial charge in [-0.2, -0.15) is 0 Å². The molecule has 0 aliphatic heterocycles. The third-order valence-electron chi connectivity index (χ3n) is 2.16. The summed E-state index contributed by atoms with van der Waals surface area (Å²) in [5.74, 6) is -0.210. The predicted octanol–water partition coefficient (Wildman–Crippen LogP) is -0.920. The maximum absolute atomic E-state index is 10.5. The van der Waals surface area contributed by atoms with Crippen molar-refractivity contribution in [1.29, 1.82) is 0 Å². The molecule has 1 rings (SSSR count). The van der Waals surface area contributed by atoms with Crippen LogP contribution in [0.4, 0.5) is 5.69 Å². The SMILES string of the molecule is CCN(C(=S)SCCS(=O)(=O)[O-])c1ccccc1.[Na+]. The molecule has 0 heterocycles. The Bertz CT molecular complexity index is 493. The van der Waals surface area contributed by atoms with Gasteiger partial charge in [-0.05, 0) is 19.1 Å². The number of para-hydroxylation sites is 1. The Morgan fingerprint density at radius 1 is 1.37 bits per heavy atom. The first-order valence-electron chi connectivity index (χ1n) is 5.37. The number of benzene rings is 1. The summed E-state index contributed by atoms with van der Waals surface area (Å²) in [4.78, 5) is 1.90. The summed E-state index contributed by atoms with van der Waals surface area (Å²) in [5.41, 5.74) is 0.961. The first-order valence-corrected chi connectivity index (χ1v) is 8.34. The fraction of sp³-hybridized carbons (Fsp3) is 0.364. The van der Waals surface area contributed by atoms with Crippen molar-refractivity contribution >= 4 is 44.1 Å². The minimum Gasteiger partial charge on any atom is -0.748 e. The van der Waals surface area contributed by atoms with E-state index < -0.39 is 15.9 Å². The molecule has 0 N–H and O–H groups in total. The second kappa shape index (κ2) is 9.33. The van der Waals surface area contributed by atoms with Gasteiger partial charge in [0.1, 0.15) is 4.32 Å². The van der Waals surface area contributed by atoms with Gasteiger partial charge in [-0.3, -0.25) is 0 Å². The van der Waals surface area contributed by atoms with Crippen molar-refractivity contribution in [2.75, 3.05) is 23.0 Å². The van der Waals surface area contributed by atoms with E-state index in [9.17, 15) is 13.0 Å². The second-order valence-electron chi connectivity index (χ2n) is 3.46. The molecule has 0 bridgehead atoms. The van der Waals surface area contributed by atoms with E-state index in [1.54, 1.807) is 0 Å². The van der Waals surface area contributed by atoms with E-state index in [4.69, 9.17) is 12.2 Å². The molecule has 0 radical (unpaired) electrons. The third kappa shape index (κ3) is 7.65. The quantitative estimate of drug-likeness (QED) is 0.396. The molecule has 8 heteroatoms. The molecule has 0 amide bonds. The third-order valence-corrected chi connectivity index (χ3v) is 4.58. The van der Waals surface area contributed by atoms with E-state index in [2.05, 4.69) is 0 Å². The molecule has 1 aromatic rings. The minimum absolute atomic E-state index is 0. The smallest absolute Gasteiger partial charge is 0.748 e. The van der Waals surface area contributed by atoms with Crippen molar-refractivity contribution < 1.29 is 42.5 Å². The number of nitrogens with zero attached hydrogens (tertiary/aromatic N) is 1. The van der Waals surface area contributed by atoms with Crippen molar-refractivity contribution in [2.45, 2.75) is 6.92 Å². The molecular formula is C11H14NNaO3S3. The molecule has 0 atom stereocenters. The Labute approximate surface area is 146 Å². The molecular weight excluding hydrogens is 313 g/mol. The van der Waals surface area contributed by atoms with Gasteiger partial charge in [-0.25, -0.2) is 8.42 Å². The van der Waals surface area contributed by atoms with Crippen LogP contribution in [0, 0.1) is 0 Å². The molecule has 0 saturated heterocycles. The first-order chi connectivity index (χ1) is 8.44. The van der Waals surface area contributed by atoms with Crippen molar-refractivity contribution in [3.8, 4) is 0 Å².